The lowest BCUT2D eigenvalue weighted by atomic mass is 9.42. The second-order valence-electron chi connectivity index (χ2n) is 3.35. The first-order valence-corrected chi connectivity index (χ1v) is 3.69. The molecule has 0 aromatic heterocycles. The number of aliphatic carboxylic acids is 1. The number of hydrogen-bond acceptors (Lipinski definition) is 1. The van der Waals surface area contributed by atoms with Gasteiger partial charge in [-0.25, -0.2) is 0 Å². The molecular formula is C7H15BO2. The van der Waals surface area contributed by atoms with Crippen LogP contribution in [-0.4, -0.2) is 17.8 Å². The Hall–Kier alpha value is -0.465. The van der Waals surface area contributed by atoms with Crippen molar-refractivity contribution in [2.24, 2.45) is 5.92 Å². The van der Waals surface area contributed by atoms with Crippen molar-refractivity contribution in [3.63, 3.8) is 0 Å². The first kappa shape index (κ1) is 9.53. The predicted molar refractivity (Wildman–Crippen MR) is 43.7 cm³/mol. The van der Waals surface area contributed by atoms with E-state index in [4.69, 9.17) is 5.11 Å². The molecule has 0 saturated carbocycles. The van der Waals surface area contributed by atoms with Crippen molar-refractivity contribution in [1.29, 1.82) is 0 Å². The highest BCUT2D eigenvalue weighted by molar-refractivity contribution is 6.61. The third-order valence-electron chi connectivity index (χ3n) is 1.72. The molecule has 0 fully saturated rings. The number of carboxylic acids is 1. The molecule has 58 valence electrons. The second-order valence-corrected chi connectivity index (χ2v) is 3.35. The van der Waals surface area contributed by atoms with Crippen molar-refractivity contribution in [1.82, 2.24) is 0 Å². The van der Waals surface area contributed by atoms with Crippen molar-refractivity contribution in [3.05, 3.63) is 0 Å². The average molecular weight is 142 g/mol. The number of carboxylic acid groups (broad SMARTS) is 1. The van der Waals surface area contributed by atoms with Crippen LogP contribution in [0.25, 0.3) is 0 Å². The molecule has 0 radical (unpaired) electrons. The fraction of sp³-hybridized carbons (Fsp3) is 0.857. The number of carbonyl (C=O) groups is 1. The van der Waals surface area contributed by atoms with E-state index in [0.717, 1.165) is 0 Å². The molecule has 0 rings (SSSR count). The van der Waals surface area contributed by atoms with Gasteiger partial charge in [-0.05, 0) is 5.92 Å². The molecule has 0 heterocycles. The lowest BCUT2D eigenvalue weighted by molar-refractivity contribution is -0.137. The van der Waals surface area contributed by atoms with E-state index in [0.29, 0.717) is 0 Å². The van der Waals surface area contributed by atoms with Gasteiger partial charge in [0.15, 0.2) is 6.71 Å². The van der Waals surface area contributed by atoms with Gasteiger partial charge in [0.05, 0.1) is 0 Å². The zero-order chi connectivity index (χ0) is 8.31. The Labute approximate surface area is 62.7 Å². The fourth-order valence-electron chi connectivity index (χ4n) is 1.34. The van der Waals surface area contributed by atoms with E-state index in [2.05, 4.69) is 0 Å². The van der Waals surface area contributed by atoms with Crippen molar-refractivity contribution in [2.75, 3.05) is 0 Å². The minimum atomic E-state index is -0.676. The van der Waals surface area contributed by atoms with Crippen molar-refractivity contribution in [2.45, 2.75) is 33.3 Å². The van der Waals surface area contributed by atoms with Crippen LogP contribution in [0.2, 0.25) is 19.5 Å². The van der Waals surface area contributed by atoms with E-state index in [9.17, 15) is 4.79 Å². The van der Waals surface area contributed by atoms with E-state index in [1.54, 1.807) is 0 Å². The number of rotatable bonds is 3. The van der Waals surface area contributed by atoms with Gasteiger partial charge < -0.3 is 5.11 Å². The van der Waals surface area contributed by atoms with Crippen LogP contribution < -0.4 is 0 Å². The molecule has 0 aromatic rings. The minimum Gasteiger partial charge on any atom is -0.482 e. The Morgan fingerprint density at radius 2 is 1.80 bits per heavy atom. The highest BCUT2D eigenvalue weighted by Gasteiger charge is 2.26. The summed E-state index contributed by atoms with van der Waals surface area (Å²) in [5.41, 5.74) is 0. The van der Waals surface area contributed by atoms with Gasteiger partial charge >= 0.3 is 0 Å². The smallest absolute Gasteiger partial charge is 0.299 e. The summed E-state index contributed by atoms with van der Waals surface area (Å²) in [5.74, 6) is -0.637. The molecule has 1 atom stereocenters. The van der Waals surface area contributed by atoms with E-state index in [-0.39, 0.29) is 18.4 Å². The molecule has 0 saturated heterocycles. The third-order valence-corrected chi connectivity index (χ3v) is 1.72. The van der Waals surface area contributed by atoms with E-state index >= 15 is 0 Å². The lowest BCUT2D eigenvalue weighted by Gasteiger charge is -2.17. The highest BCUT2D eigenvalue weighted by Crippen LogP contribution is 2.21. The Balaban J connectivity index is 4.12. The van der Waals surface area contributed by atoms with Crippen molar-refractivity contribution < 1.29 is 9.90 Å². The summed E-state index contributed by atoms with van der Waals surface area (Å²) in [7, 11) is 0. The Morgan fingerprint density at radius 3 is 1.80 bits per heavy atom. The van der Waals surface area contributed by atoms with Crippen LogP contribution in [0.3, 0.4) is 0 Å². The van der Waals surface area contributed by atoms with Gasteiger partial charge in [-0.15, -0.1) is 0 Å². The summed E-state index contributed by atoms with van der Waals surface area (Å²) in [6, 6.07) is 0. The molecule has 0 amide bonds. The quantitative estimate of drug-likeness (QED) is 0.610. The molecule has 1 N–H and O–H groups in total. The monoisotopic (exact) mass is 142 g/mol. The van der Waals surface area contributed by atoms with Crippen LogP contribution >= 0.6 is 0 Å². The largest absolute Gasteiger partial charge is 0.482 e. The van der Waals surface area contributed by atoms with Gasteiger partial charge in [0.25, 0.3) is 5.97 Å². The summed E-state index contributed by atoms with van der Waals surface area (Å²) in [6.45, 7) is 8.01. The summed E-state index contributed by atoms with van der Waals surface area (Å²) in [6.07, 6.45) is 0. The molecule has 0 aliphatic rings. The zero-order valence-electron chi connectivity index (χ0n) is 7.09. The average Bonchev–Trinajstić information content (AvgIpc) is 1.59. The third kappa shape index (κ3) is 2.42. The summed E-state index contributed by atoms with van der Waals surface area (Å²) >= 11 is 0. The van der Waals surface area contributed by atoms with E-state index < -0.39 is 5.97 Å². The topological polar surface area (TPSA) is 37.3 Å². The van der Waals surface area contributed by atoms with Gasteiger partial charge in [-0.2, -0.15) is 0 Å². The summed E-state index contributed by atoms with van der Waals surface area (Å²) < 4.78 is 0. The Bertz CT molecular complexity index is 113. The van der Waals surface area contributed by atoms with Gasteiger partial charge in [0.1, 0.15) is 0 Å². The van der Waals surface area contributed by atoms with Crippen LogP contribution in [0.4, 0.5) is 0 Å². The molecule has 0 spiro atoms. The van der Waals surface area contributed by atoms with Gasteiger partial charge in [0.2, 0.25) is 0 Å². The molecule has 1 unspecified atom stereocenters. The standard InChI is InChI=1S/C7H15BO2/c1-5(2)6(7(9)10)8(3)4/h5-6H,1-4H3,(H,9,10). The first-order valence-electron chi connectivity index (χ1n) is 3.69. The lowest BCUT2D eigenvalue weighted by Crippen LogP contribution is -2.25. The molecule has 0 aliphatic carbocycles. The molecule has 10 heavy (non-hydrogen) atoms. The maximum absolute atomic E-state index is 10.6. The molecular weight excluding hydrogens is 127 g/mol. The maximum Gasteiger partial charge on any atom is 0.299 e. The Morgan fingerprint density at radius 1 is 1.40 bits per heavy atom. The predicted octanol–water partition coefficient (Wildman–Crippen LogP) is 1.85. The van der Waals surface area contributed by atoms with Gasteiger partial charge in [-0.3, -0.25) is 4.79 Å². The molecule has 2 nitrogen and oxygen atoms in total. The van der Waals surface area contributed by atoms with E-state index in [1.165, 1.54) is 0 Å². The summed E-state index contributed by atoms with van der Waals surface area (Å²) in [5, 5.41) is 8.71. The zero-order valence-corrected chi connectivity index (χ0v) is 7.09. The van der Waals surface area contributed by atoms with Crippen LogP contribution in [0.15, 0.2) is 0 Å². The van der Waals surface area contributed by atoms with Crippen LogP contribution in [-0.2, 0) is 4.79 Å². The molecule has 0 aromatic carbocycles. The minimum absolute atomic E-state index is 0.194. The SMILES string of the molecule is CB(C)C(C(=O)O)C(C)C. The normalized spacial score (nSPS) is 13.3. The molecule has 3 heteroatoms. The Kier molecular flexibility index (Phi) is 3.47. The molecule has 0 bridgehead atoms. The van der Waals surface area contributed by atoms with Crippen molar-refractivity contribution in [3.8, 4) is 0 Å². The molecule has 0 aliphatic heterocycles. The van der Waals surface area contributed by atoms with Gasteiger partial charge in [0, 0.05) is 5.82 Å². The van der Waals surface area contributed by atoms with Crippen LogP contribution in [0.1, 0.15) is 13.8 Å². The van der Waals surface area contributed by atoms with E-state index in [1.807, 2.05) is 27.5 Å². The van der Waals surface area contributed by atoms with Crippen LogP contribution in [0.5, 0.6) is 0 Å². The first-order chi connectivity index (χ1) is 4.46. The second kappa shape index (κ2) is 3.64. The summed E-state index contributed by atoms with van der Waals surface area (Å²) in [4.78, 5) is 10.6. The fourth-order valence-corrected chi connectivity index (χ4v) is 1.34. The number of hydrogen-bond donors (Lipinski definition) is 1. The van der Waals surface area contributed by atoms with Gasteiger partial charge in [-0.1, -0.05) is 27.5 Å². The van der Waals surface area contributed by atoms with Crippen LogP contribution in [0, 0.1) is 5.92 Å². The van der Waals surface area contributed by atoms with Crippen molar-refractivity contribution >= 4 is 12.7 Å². The maximum atomic E-state index is 10.6. The highest BCUT2D eigenvalue weighted by atomic mass is 16.4.